The number of aliphatic carboxylic acids is 1. The summed E-state index contributed by atoms with van der Waals surface area (Å²) in [6.45, 7) is 0. The summed E-state index contributed by atoms with van der Waals surface area (Å²) >= 11 is 0. The van der Waals surface area contributed by atoms with E-state index in [1.165, 1.54) is 0 Å². The van der Waals surface area contributed by atoms with E-state index in [-0.39, 0.29) is 0 Å². The summed E-state index contributed by atoms with van der Waals surface area (Å²) in [6.07, 6.45) is -9.57. The van der Waals surface area contributed by atoms with Crippen molar-refractivity contribution >= 4 is 17.9 Å². The number of rotatable bonds is 7. The molecule has 0 aromatic heterocycles. The molecule has 0 radical (unpaired) electrons. The zero-order valence-corrected chi connectivity index (χ0v) is 13.1. The molecule has 4 atom stereocenters. The molecule has 0 heterocycles. The Labute approximate surface area is 145 Å². The lowest BCUT2D eigenvalue weighted by atomic mass is 10.0. The molecule has 0 amide bonds. The van der Waals surface area contributed by atoms with Gasteiger partial charge in [0, 0.05) is 0 Å². The fraction of sp³-hybridized carbons (Fsp3) is 0.357. The van der Waals surface area contributed by atoms with E-state index in [1.807, 2.05) is 0 Å². The van der Waals surface area contributed by atoms with Crippen molar-refractivity contribution in [1.82, 2.24) is 0 Å². The van der Waals surface area contributed by atoms with E-state index in [4.69, 9.17) is 5.11 Å². The summed E-state index contributed by atoms with van der Waals surface area (Å²) in [5.74, 6) is -7.54. The Bertz CT molecular complexity index is 676. The molecule has 1 aromatic rings. The lowest BCUT2D eigenvalue weighted by molar-refractivity contribution is -0.174. The Hall–Kier alpha value is -3.09. The second-order valence-electron chi connectivity index (χ2n) is 4.98. The maximum atomic E-state index is 11.9. The highest BCUT2D eigenvalue weighted by molar-refractivity contribution is 5.92. The van der Waals surface area contributed by atoms with Gasteiger partial charge in [-0.25, -0.2) is 14.4 Å². The van der Waals surface area contributed by atoms with Gasteiger partial charge in [-0.3, -0.25) is 0 Å². The minimum Gasteiger partial charge on any atom is -0.504 e. The largest absolute Gasteiger partial charge is 0.504 e. The number of carboxylic acid groups (broad SMARTS) is 1. The van der Waals surface area contributed by atoms with E-state index >= 15 is 0 Å². The number of phenolic OH excluding ortho intramolecular Hbond substituents is 3. The molecule has 12 nitrogen and oxygen atoms in total. The van der Waals surface area contributed by atoms with Crippen molar-refractivity contribution in [3.8, 4) is 17.2 Å². The molecule has 1 aromatic carbocycles. The second kappa shape index (κ2) is 8.33. The van der Waals surface area contributed by atoms with E-state index in [1.54, 1.807) is 0 Å². The Morgan fingerprint density at radius 1 is 0.962 bits per heavy atom. The maximum Gasteiger partial charge on any atom is 0.347 e. The smallest absolute Gasteiger partial charge is 0.347 e. The number of benzene rings is 1. The summed E-state index contributed by atoms with van der Waals surface area (Å²) in [4.78, 5) is 34.2. The average molecular weight is 376 g/mol. The summed E-state index contributed by atoms with van der Waals surface area (Å²) < 4.78 is 8.60. The van der Waals surface area contributed by atoms with Gasteiger partial charge in [-0.15, -0.1) is 0 Å². The fourth-order valence-electron chi connectivity index (χ4n) is 1.80. The number of aliphatic hydroxyl groups excluding tert-OH is 3. The summed E-state index contributed by atoms with van der Waals surface area (Å²) in [5, 5.41) is 65.7. The zero-order valence-electron chi connectivity index (χ0n) is 13.1. The van der Waals surface area contributed by atoms with Crippen LogP contribution in [0.1, 0.15) is 10.4 Å². The highest BCUT2D eigenvalue weighted by atomic mass is 16.6. The second-order valence-corrected chi connectivity index (χ2v) is 4.98. The molecular weight excluding hydrogens is 360 g/mol. The number of carbonyl (C=O) groups excluding carboxylic acids is 2. The number of aliphatic hydroxyl groups is 3. The predicted molar refractivity (Wildman–Crippen MR) is 78.3 cm³/mol. The number of hydrogen-bond donors (Lipinski definition) is 7. The number of methoxy groups -OCH3 is 1. The van der Waals surface area contributed by atoms with Gasteiger partial charge in [0.2, 0.25) is 6.10 Å². The van der Waals surface area contributed by atoms with Crippen molar-refractivity contribution in [3.05, 3.63) is 17.7 Å². The van der Waals surface area contributed by atoms with Crippen LogP contribution in [0.4, 0.5) is 0 Å². The van der Waals surface area contributed by atoms with Crippen LogP contribution in [0.3, 0.4) is 0 Å². The SMILES string of the molecule is COC(=O)[C@H](O)[C@@H](O)[C@@H](O)[C@H](OC(=O)c1cc(O)c(O)c(O)c1)C(=O)O. The zero-order chi connectivity index (χ0) is 20.2. The van der Waals surface area contributed by atoms with E-state index in [2.05, 4.69) is 9.47 Å². The van der Waals surface area contributed by atoms with Crippen molar-refractivity contribution in [2.75, 3.05) is 7.11 Å². The normalized spacial score (nSPS) is 15.4. The Balaban J connectivity index is 3.03. The number of phenols is 3. The number of aromatic hydroxyl groups is 3. The first-order valence-corrected chi connectivity index (χ1v) is 6.82. The van der Waals surface area contributed by atoms with Crippen LogP contribution in [0, 0.1) is 0 Å². The lowest BCUT2D eigenvalue weighted by Gasteiger charge is -2.25. The molecule has 0 aliphatic carbocycles. The van der Waals surface area contributed by atoms with Gasteiger partial charge in [0.15, 0.2) is 23.4 Å². The van der Waals surface area contributed by atoms with Crippen LogP contribution in [0.15, 0.2) is 12.1 Å². The molecule has 12 heteroatoms. The van der Waals surface area contributed by atoms with Crippen molar-refractivity contribution in [2.45, 2.75) is 24.4 Å². The van der Waals surface area contributed by atoms with Gasteiger partial charge in [0.25, 0.3) is 0 Å². The minimum atomic E-state index is -2.44. The first kappa shape index (κ1) is 21.0. The van der Waals surface area contributed by atoms with Crippen molar-refractivity contribution < 1.29 is 59.6 Å². The molecule has 0 unspecified atom stereocenters. The highest BCUT2D eigenvalue weighted by Crippen LogP contribution is 2.35. The number of carbonyl (C=O) groups is 3. The molecule has 0 fully saturated rings. The molecule has 144 valence electrons. The van der Waals surface area contributed by atoms with Gasteiger partial charge in [-0.05, 0) is 12.1 Å². The van der Waals surface area contributed by atoms with Crippen LogP contribution >= 0.6 is 0 Å². The minimum absolute atomic E-state index is 0.598. The van der Waals surface area contributed by atoms with Gasteiger partial charge in [0.05, 0.1) is 12.7 Å². The van der Waals surface area contributed by atoms with Crippen LogP contribution in [-0.2, 0) is 19.1 Å². The quantitative estimate of drug-likeness (QED) is 0.197. The van der Waals surface area contributed by atoms with Crippen LogP contribution in [0.2, 0.25) is 0 Å². The predicted octanol–water partition coefficient (Wildman–Crippen LogP) is -2.33. The van der Waals surface area contributed by atoms with E-state index in [9.17, 15) is 45.0 Å². The molecule has 0 aliphatic heterocycles. The van der Waals surface area contributed by atoms with E-state index in [0.717, 1.165) is 7.11 Å². The van der Waals surface area contributed by atoms with Gasteiger partial charge in [-0.2, -0.15) is 0 Å². The molecule has 7 N–H and O–H groups in total. The van der Waals surface area contributed by atoms with Gasteiger partial charge in [-0.1, -0.05) is 0 Å². The molecule has 0 aliphatic rings. The average Bonchev–Trinajstić information content (AvgIpc) is 2.60. The summed E-state index contributed by atoms with van der Waals surface area (Å²) in [5.41, 5.74) is -0.598. The van der Waals surface area contributed by atoms with Crippen LogP contribution in [0.25, 0.3) is 0 Å². The van der Waals surface area contributed by atoms with Gasteiger partial charge in [0.1, 0.15) is 12.2 Å². The Morgan fingerprint density at radius 3 is 1.88 bits per heavy atom. The molecular formula is C14H16O12. The van der Waals surface area contributed by atoms with Crippen LogP contribution in [-0.4, -0.2) is 85.2 Å². The summed E-state index contributed by atoms with van der Waals surface area (Å²) in [7, 11) is 0.864. The molecule has 26 heavy (non-hydrogen) atoms. The molecule has 0 bridgehead atoms. The van der Waals surface area contributed by atoms with Crippen molar-refractivity contribution in [2.24, 2.45) is 0 Å². The molecule has 1 rings (SSSR count). The van der Waals surface area contributed by atoms with E-state index < -0.39 is 65.1 Å². The third kappa shape index (κ3) is 4.50. The van der Waals surface area contributed by atoms with Crippen LogP contribution in [0.5, 0.6) is 17.2 Å². The Kier molecular flexibility index (Phi) is 6.71. The number of esters is 2. The van der Waals surface area contributed by atoms with Crippen molar-refractivity contribution in [3.63, 3.8) is 0 Å². The van der Waals surface area contributed by atoms with Gasteiger partial charge < -0.3 is 45.2 Å². The first-order valence-electron chi connectivity index (χ1n) is 6.82. The maximum absolute atomic E-state index is 11.9. The number of hydrogen-bond acceptors (Lipinski definition) is 11. The van der Waals surface area contributed by atoms with Gasteiger partial charge >= 0.3 is 17.9 Å². The van der Waals surface area contributed by atoms with Crippen LogP contribution < -0.4 is 0 Å². The lowest BCUT2D eigenvalue weighted by Crippen LogP contribution is -2.51. The Morgan fingerprint density at radius 2 is 1.46 bits per heavy atom. The first-order chi connectivity index (χ1) is 12.0. The number of carboxylic acids is 1. The third-order valence-electron chi connectivity index (χ3n) is 3.21. The molecule has 0 saturated heterocycles. The topological polar surface area (TPSA) is 211 Å². The molecule has 0 saturated carbocycles. The molecule has 0 spiro atoms. The monoisotopic (exact) mass is 376 g/mol. The van der Waals surface area contributed by atoms with E-state index in [0.29, 0.717) is 12.1 Å². The summed E-state index contributed by atoms with van der Waals surface area (Å²) in [6, 6.07) is 1.28. The number of ether oxygens (including phenoxy) is 2. The third-order valence-corrected chi connectivity index (χ3v) is 3.21. The fourth-order valence-corrected chi connectivity index (χ4v) is 1.80. The highest BCUT2D eigenvalue weighted by Gasteiger charge is 2.41. The standard InChI is InChI=1S/C14H16O12/c1-25-14(24)10(20)8(18)9(19)11(12(21)22)26-13(23)4-2-5(15)7(17)6(16)3-4/h2-3,8-11,15-20H,1H3,(H,21,22)/t8-,9+,10+,11-/m0/s1. The van der Waals surface area contributed by atoms with Crippen molar-refractivity contribution in [1.29, 1.82) is 0 Å².